The highest BCUT2D eigenvalue weighted by Crippen LogP contribution is 2.27. The summed E-state index contributed by atoms with van der Waals surface area (Å²) in [6.45, 7) is 0.576. The van der Waals surface area contributed by atoms with Crippen LogP contribution < -0.4 is 10.6 Å². The third-order valence-electron chi connectivity index (χ3n) is 3.46. The number of hydrogen-bond donors (Lipinski definition) is 2. The first kappa shape index (κ1) is 15.5. The molecule has 2 N–H and O–H groups in total. The molecule has 0 bridgehead atoms. The number of sulfonamides is 1. The lowest BCUT2D eigenvalue weighted by atomic mass is 10.1. The number of fused-ring (bicyclic) bond motifs is 1. The molecule has 1 aliphatic rings. The molecule has 0 aromatic heterocycles. The first-order valence-electron chi connectivity index (χ1n) is 7.24. The Morgan fingerprint density at radius 1 is 1.13 bits per heavy atom. The second kappa shape index (κ2) is 6.37. The maximum Gasteiger partial charge on any atom is 0.287 e. The van der Waals surface area contributed by atoms with Crippen molar-refractivity contribution in [2.75, 3.05) is 11.9 Å². The van der Waals surface area contributed by atoms with Gasteiger partial charge in [0.05, 0.1) is 5.69 Å². The highest BCUT2D eigenvalue weighted by molar-refractivity contribution is 7.90. The molecule has 0 aliphatic carbocycles. The Morgan fingerprint density at radius 3 is 2.70 bits per heavy atom. The molecule has 0 amide bonds. The summed E-state index contributed by atoms with van der Waals surface area (Å²) in [5, 5.41) is 5.84. The van der Waals surface area contributed by atoms with Crippen LogP contribution in [0.25, 0.3) is 0 Å². The molecule has 2 aromatic carbocycles. The number of benzene rings is 2. The first-order valence-corrected chi connectivity index (χ1v) is 8.68. The van der Waals surface area contributed by atoms with Gasteiger partial charge in [-0.3, -0.25) is 0 Å². The van der Waals surface area contributed by atoms with Crippen molar-refractivity contribution in [2.45, 2.75) is 17.7 Å². The summed E-state index contributed by atoms with van der Waals surface area (Å²) in [6, 6.07) is 13.6. The summed E-state index contributed by atoms with van der Waals surface area (Å²) in [4.78, 5) is -0.146. The summed E-state index contributed by atoms with van der Waals surface area (Å²) in [6.07, 6.45) is 1.72. The van der Waals surface area contributed by atoms with Gasteiger partial charge in [-0.05, 0) is 36.6 Å². The van der Waals surface area contributed by atoms with E-state index < -0.39 is 15.8 Å². The fourth-order valence-corrected chi connectivity index (χ4v) is 3.46. The van der Waals surface area contributed by atoms with Crippen molar-refractivity contribution < 1.29 is 12.8 Å². The Bertz CT molecular complexity index is 836. The number of nitrogens with one attached hydrogen (secondary N) is 2. The van der Waals surface area contributed by atoms with E-state index in [0.29, 0.717) is 12.2 Å². The summed E-state index contributed by atoms with van der Waals surface area (Å²) < 4.78 is 40.9. The number of guanidine groups is 1. The Labute approximate surface area is 134 Å². The van der Waals surface area contributed by atoms with Gasteiger partial charge in [0.25, 0.3) is 10.0 Å². The Morgan fingerprint density at radius 2 is 1.91 bits per heavy atom. The van der Waals surface area contributed by atoms with E-state index in [0.717, 1.165) is 18.9 Å². The molecule has 1 heterocycles. The molecule has 0 unspecified atom stereocenters. The normalized spacial score (nSPS) is 15.3. The Hall–Kier alpha value is -2.41. The van der Waals surface area contributed by atoms with Crippen LogP contribution in [0.5, 0.6) is 0 Å². The van der Waals surface area contributed by atoms with E-state index in [1.54, 1.807) is 0 Å². The van der Waals surface area contributed by atoms with Crippen LogP contribution in [0.15, 0.2) is 57.8 Å². The fraction of sp³-hybridized carbons (Fsp3) is 0.188. The average Bonchev–Trinajstić information content (AvgIpc) is 2.53. The van der Waals surface area contributed by atoms with Crippen LogP contribution in [-0.4, -0.2) is 20.9 Å². The lowest BCUT2D eigenvalue weighted by molar-refractivity contribution is 0.592. The molecule has 5 nitrogen and oxygen atoms in total. The predicted molar refractivity (Wildman–Crippen MR) is 87.4 cm³/mol. The molecule has 3 rings (SSSR count). The van der Waals surface area contributed by atoms with Gasteiger partial charge in [0.15, 0.2) is 0 Å². The Kier molecular flexibility index (Phi) is 4.29. The lowest BCUT2D eigenvalue weighted by Gasteiger charge is -2.19. The van der Waals surface area contributed by atoms with Gasteiger partial charge in [-0.2, -0.15) is 8.42 Å². The van der Waals surface area contributed by atoms with E-state index in [9.17, 15) is 12.8 Å². The van der Waals surface area contributed by atoms with Crippen molar-refractivity contribution in [3.8, 4) is 0 Å². The second-order valence-corrected chi connectivity index (χ2v) is 6.77. The minimum atomic E-state index is -3.88. The SMILES string of the molecule is O=S1(=O)N=C(NCCCc2ccccc2)Nc2ccc(F)cc21. The van der Waals surface area contributed by atoms with Gasteiger partial charge in [-0.1, -0.05) is 30.3 Å². The third kappa shape index (κ3) is 3.68. The number of rotatable bonds is 4. The van der Waals surface area contributed by atoms with Crippen molar-refractivity contribution in [3.05, 3.63) is 59.9 Å². The summed E-state index contributed by atoms with van der Waals surface area (Å²) >= 11 is 0. The molecule has 2 aromatic rings. The Balaban J connectivity index is 1.62. The number of anilines is 1. The van der Waals surface area contributed by atoms with Gasteiger partial charge in [-0.15, -0.1) is 4.40 Å². The molecule has 0 radical (unpaired) electrons. The summed E-state index contributed by atoms with van der Waals surface area (Å²) in [5.41, 5.74) is 1.55. The van der Waals surface area contributed by atoms with Gasteiger partial charge in [0.2, 0.25) is 5.96 Å². The topological polar surface area (TPSA) is 70.6 Å². The van der Waals surface area contributed by atoms with Gasteiger partial charge >= 0.3 is 0 Å². The highest BCUT2D eigenvalue weighted by Gasteiger charge is 2.25. The number of hydrogen-bond acceptors (Lipinski definition) is 4. The first-order chi connectivity index (χ1) is 11.0. The van der Waals surface area contributed by atoms with Crippen molar-refractivity contribution in [2.24, 2.45) is 4.40 Å². The van der Waals surface area contributed by atoms with Gasteiger partial charge in [0.1, 0.15) is 10.7 Å². The molecule has 120 valence electrons. The molecule has 23 heavy (non-hydrogen) atoms. The average molecular weight is 333 g/mol. The molecular formula is C16H16FN3O2S. The fourth-order valence-electron chi connectivity index (χ4n) is 2.35. The van der Waals surface area contributed by atoms with E-state index in [2.05, 4.69) is 15.0 Å². The zero-order chi connectivity index (χ0) is 16.3. The van der Waals surface area contributed by atoms with Crippen molar-refractivity contribution in [3.63, 3.8) is 0 Å². The zero-order valence-corrected chi connectivity index (χ0v) is 13.1. The monoisotopic (exact) mass is 333 g/mol. The lowest BCUT2D eigenvalue weighted by Crippen LogP contribution is -2.35. The maximum absolute atomic E-state index is 13.2. The van der Waals surface area contributed by atoms with Crippen LogP contribution in [-0.2, 0) is 16.4 Å². The van der Waals surface area contributed by atoms with E-state index in [-0.39, 0.29) is 10.9 Å². The standard InChI is InChI=1S/C16H16FN3O2S/c17-13-8-9-14-15(11-13)23(21,22)20-16(19-14)18-10-4-7-12-5-2-1-3-6-12/h1-3,5-6,8-9,11H,4,7,10H2,(H2,18,19,20). The van der Waals surface area contributed by atoms with E-state index >= 15 is 0 Å². The van der Waals surface area contributed by atoms with Crippen molar-refractivity contribution in [1.82, 2.24) is 5.32 Å². The number of halogens is 1. The van der Waals surface area contributed by atoms with Gasteiger partial charge in [0, 0.05) is 6.54 Å². The maximum atomic E-state index is 13.2. The number of nitrogens with zero attached hydrogens (tertiary/aromatic N) is 1. The van der Waals surface area contributed by atoms with Crippen LogP contribution in [0.2, 0.25) is 0 Å². The van der Waals surface area contributed by atoms with Crippen LogP contribution >= 0.6 is 0 Å². The van der Waals surface area contributed by atoms with E-state index in [1.165, 1.54) is 17.7 Å². The van der Waals surface area contributed by atoms with Crippen LogP contribution in [0.3, 0.4) is 0 Å². The largest absolute Gasteiger partial charge is 0.355 e. The van der Waals surface area contributed by atoms with Crippen molar-refractivity contribution in [1.29, 1.82) is 0 Å². The summed E-state index contributed by atoms with van der Waals surface area (Å²) in [5.74, 6) is -0.444. The number of aryl methyl sites for hydroxylation is 1. The van der Waals surface area contributed by atoms with Crippen molar-refractivity contribution >= 4 is 21.7 Å². The van der Waals surface area contributed by atoms with Gasteiger partial charge in [-0.25, -0.2) is 4.39 Å². The minimum absolute atomic E-state index is 0.146. The summed E-state index contributed by atoms with van der Waals surface area (Å²) in [7, 11) is -3.88. The van der Waals surface area contributed by atoms with Crippen LogP contribution in [0.4, 0.5) is 10.1 Å². The zero-order valence-electron chi connectivity index (χ0n) is 12.3. The second-order valence-electron chi connectivity index (χ2n) is 5.20. The quantitative estimate of drug-likeness (QED) is 0.844. The van der Waals surface area contributed by atoms with Crippen LogP contribution in [0, 0.1) is 5.82 Å². The van der Waals surface area contributed by atoms with E-state index in [4.69, 9.17) is 0 Å². The van der Waals surface area contributed by atoms with E-state index in [1.807, 2.05) is 30.3 Å². The minimum Gasteiger partial charge on any atom is -0.355 e. The van der Waals surface area contributed by atoms with Crippen LogP contribution in [0.1, 0.15) is 12.0 Å². The molecule has 0 atom stereocenters. The molecular weight excluding hydrogens is 317 g/mol. The third-order valence-corrected chi connectivity index (χ3v) is 4.78. The molecule has 0 saturated heterocycles. The molecule has 0 spiro atoms. The molecule has 0 fully saturated rings. The smallest absolute Gasteiger partial charge is 0.287 e. The van der Waals surface area contributed by atoms with Gasteiger partial charge < -0.3 is 10.6 Å². The molecule has 7 heteroatoms. The molecule has 0 saturated carbocycles. The highest BCUT2D eigenvalue weighted by atomic mass is 32.2. The predicted octanol–water partition coefficient (Wildman–Crippen LogP) is 2.52. The molecule has 1 aliphatic heterocycles.